The van der Waals surface area contributed by atoms with Crippen molar-refractivity contribution < 1.29 is 18.0 Å². The van der Waals surface area contributed by atoms with Crippen molar-refractivity contribution in [2.45, 2.75) is 11.3 Å². The van der Waals surface area contributed by atoms with Crippen LogP contribution >= 0.6 is 15.9 Å². The van der Waals surface area contributed by atoms with Gasteiger partial charge in [-0.1, -0.05) is 32.5 Å². The number of benzene rings is 2. The summed E-state index contributed by atoms with van der Waals surface area (Å²) in [6.45, 7) is 0. The number of halogens is 1. The second-order valence-corrected chi connectivity index (χ2v) is 7.82. The highest BCUT2D eigenvalue weighted by Gasteiger charge is 2.20. The van der Waals surface area contributed by atoms with Crippen molar-refractivity contribution >= 4 is 37.5 Å². The van der Waals surface area contributed by atoms with Gasteiger partial charge in [0.1, 0.15) is 0 Å². The number of anilines is 1. The van der Waals surface area contributed by atoms with E-state index in [4.69, 9.17) is 4.84 Å². The van der Waals surface area contributed by atoms with E-state index in [9.17, 15) is 13.2 Å². The summed E-state index contributed by atoms with van der Waals surface area (Å²) in [7, 11) is -1.11. The van der Waals surface area contributed by atoms with Crippen LogP contribution in [-0.4, -0.2) is 33.0 Å². The van der Waals surface area contributed by atoms with E-state index in [0.717, 1.165) is 14.5 Å². The quantitative estimate of drug-likeness (QED) is 0.740. The minimum absolute atomic E-state index is 0.0813. The minimum atomic E-state index is -3.69. The van der Waals surface area contributed by atoms with Crippen LogP contribution in [0, 0.1) is 0 Å². The number of amides is 1. The lowest BCUT2D eigenvalue weighted by Gasteiger charge is -2.14. The number of hydrogen-bond donors (Lipinski definition) is 1. The van der Waals surface area contributed by atoms with Gasteiger partial charge in [0, 0.05) is 17.2 Å². The van der Waals surface area contributed by atoms with Crippen molar-refractivity contribution in [2.24, 2.45) is 0 Å². The summed E-state index contributed by atoms with van der Waals surface area (Å²) in [6.07, 6.45) is 0.236. The second-order valence-electron chi connectivity index (χ2n) is 4.97. The van der Waals surface area contributed by atoms with Gasteiger partial charge in [-0.2, -0.15) is 0 Å². The van der Waals surface area contributed by atoms with Gasteiger partial charge in [-0.25, -0.2) is 8.42 Å². The van der Waals surface area contributed by atoms with Crippen LogP contribution in [0.4, 0.5) is 5.69 Å². The molecule has 0 saturated heterocycles. The average Bonchev–Trinajstić information content (AvgIpc) is 2.56. The van der Waals surface area contributed by atoms with Crippen molar-refractivity contribution in [2.75, 3.05) is 19.5 Å². The molecule has 0 saturated carbocycles. The molecule has 6 nitrogen and oxygen atoms in total. The maximum Gasteiger partial charge on any atom is 0.264 e. The summed E-state index contributed by atoms with van der Waals surface area (Å²) in [5.41, 5.74) is 1.41. The zero-order chi connectivity index (χ0) is 17.7. The Morgan fingerprint density at radius 3 is 2.25 bits per heavy atom. The van der Waals surface area contributed by atoms with Crippen molar-refractivity contribution in [3.8, 4) is 0 Å². The Morgan fingerprint density at radius 1 is 1.12 bits per heavy atom. The molecular weight excluding hydrogens is 396 g/mol. The lowest BCUT2D eigenvalue weighted by atomic mass is 10.1. The van der Waals surface area contributed by atoms with Gasteiger partial charge in [0.15, 0.2) is 0 Å². The first-order valence-corrected chi connectivity index (χ1v) is 9.23. The van der Waals surface area contributed by atoms with E-state index >= 15 is 0 Å². The summed E-state index contributed by atoms with van der Waals surface area (Å²) in [5, 5.41) is 2.74. The first-order valence-electron chi connectivity index (χ1n) is 7.00. The lowest BCUT2D eigenvalue weighted by Crippen LogP contribution is -2.25. The Morgan fingerprint density at radius 2 is 1.71 bits per heavy atom. The van der Waals surface area contributed by atoms with Crippen LogP contribution in [0.25, 0.3) is 0 Å². The van der Waals surface area contributed by atoms with Crippen LogP contribution in [0.2, 0.25) is 0 Å². The Balaban J connectivity index is 2.03. The van der Waals surface area contributed by atoms with Gasteiger partial charge in [-0.05, 0) is 42.0 Å². The van der Waals surface area contributed by atoms with Crippen molar-refractivity contribution in [1.29, 1.82) is 0 Å². The molecule has 24 heavy (non-hydrogen) atoms. The van der Waals surface area contributed by atoms with Crippen LogP contribution in [0.5, 0.6) is 0 Å². The number of nitrogens with zero attached hydrogens (tertiary/aromatic N) is 1. The summed E-state index contributed by atoms with van der Waals surface area (Å²) in [4.78, 5) is 16.8. The van der Waals surface area contributed by atoms with E-state index in [1.165, 1.54) is 38.4 Å². The second kappa shape index (κ2) is 7.89. The molecule has 0 spiro atoms. The Labute approximate surface area is 149 Å². The highest BCUT2D eigenvalue weighted by atomic mass is 79.9. The molecule has 8 heteroatoms. The molecule has 0 heterocycles. The molecule has 0 bridgehead atoms. The van der Waals surface area contributed by atoms with Gasteiger partial charge in [-0.15, -0.1) is 0 Å². The van der Waals surface area contributed by atoms with Crippen molar-refractivity contribution in [3.05, 3.63) is 58.6 Å². The van der Waals surface area contributed by atoms with Gasteiger partial charge in [0.05, 0.1) is 18.4 Å². The van der Waals surface area contributed by atoms with Gasteiger partial charge in [0.2, 0.25) is 5.91 Å². The van der Waals surface area contributed by atoms with E-state index < -0.39 is 10.0 Å². The minimum Gasteiger partial charge on any atom is -0.326 e. The van der Waals surface area contributed by atoms with Crippen LogP contribution in [0.1, 0.15) is 5.56 Å². The summed E-state index contributed by atoms with van der Waals surface area (Å²) < 4.78 is 25.9. The molecule has 0 aliphatic carbocycles. The van der Waals surface area contributed by atoms with Crippen LogP contribution in [-0.2, 0) is 26.1 Å². The molecule has 0 unspecified atom stereocenters. The molecule has 1 N–H and O–H groups in total. The Hall–Kier alpha value is -1.74. The van der Waals surface area contributed by atoms with Crippen LogP contribution < -0.4 is 5.32 Å². The van der Waals surface area contributed by atoms with E-state index in [0.29, 0.717) is 5.69 Å². The molecule has 2 rings (SSSR count). The average molecular weight is 413 g/mol. The van der Waals surface area contributed by atoms with Gasteiger partial charge < -0.3 is 5.32 Å². The predicted molar refractivity (Wildman–Crippen MR) is 94.9 cm³/mol. The third-order valence-corrected chi connectivity index (χ3v) is 5.53. The highest BCUT2D eigenvalue weighted by Crippen LogP contribution is 2.18. The number of carbonyl (C=O) groups is 1. The molecule has 0 aliphatic rings. The van der Waals surface area contributed by atoms with Gasteiger partial charge in [-0.3, -0.25) is 9.63 Å². The Bertz CT molecular complexity index is 805. The van der Waals surface area contributed by atoms with E-state index in [-0.39, 0.29) is 17.2 Å². The lowest BCUT2D eigenvalue weighted by molar-refractivity contribution is -0.115. The third-order valence-electron chi connectivity index (χ3n) is 3.31. The van der Waals surface area contributed by atoms with Crippen LogP contribution in [0.3, 0.4) is 0 Å². The van der Waals surface area contributed by atoms with Crippen molar-refractivity contribution in [1.82, 2.24) is 4.47 Å². The molecule has 2 aromatic rings. The zero-order valence-corrected chi connectivity index (χ0v) is 15.6. The number of carbonyl (C=O) groups excluding carboxylic acids is 1. The fourth-order valence-electron chi connectivity index (χ4n) is 1.95. The number of hydroxylamine groups is 1. The smallest absolute Gasteiger partial charge is 0.264 e. The molecule has 0 atom stereocenters. The predicted octanol–water partition coefficient (Wildman–Crippen LogP) is 2.81. The molecule has 0 radical (unpaired) electrons. The van der Waals surface area contributed by atoms with Crippen LogP contribution in [0.15, 0.2) is 57.9 Å². The fraction of sp³-hybridized carbons (Fsp3) is 0.188. The highest BCUT2D eigenvalue weighted by molar-refractivity contribution is 9.10. The van der Waals surface area contributed by atoms with Crippen molar-refractivity contribution in [3.63, 3.8) is 0 Å². The summed E-state index contributed by atoms with van der Waals surface area (Å²) in [5.74, 6) is -0.179. The monoisotopic (exact) mass is 412 g/mol. The fourth-order valence-corrected chi connectivity index (χ4v) is 3.19. The zero-order valence-electron chi connectivity index (χ0n) is 13.2. The SMILES string of the molecule is CON(C)S(=O)(=O)c1ccc(NC(=O)Cc2ccc(Br)cc2)cc1. The topological polar surface area (TPSA) is 75.7 Å². The van der Waals surface area contributed by atoms with Gasteiger partial charge >= 0.3 is 0 Å². The normalized spacial score (nSPS) is 11.5. The molecule has 128 valence electrons. The first kappa shape index (κ1) is 18.6. The largest absolute Gasteiger partial charge is 0.326 e. The number of hydrogen-bond acceptors (Lipinski definition) is 4. The van der Waals surface area contributed by atoms with E-state index in [2.05, 4.69) is 21.2 Å². The number of nitrogens with one attached hydrogen (secondary N) is 1. The molecule has 1 amide bonds. The maximum atomic E-state index is 12.1. The standard InChI is InChI=1S/C16H17BrN2O4S/c1-19(23-2)24(21,22)15-9-7-14(8-10-15)18-16(20)11-12-3-5-13(17)6-4-12/h3-10H,11H2,1-2H3,(H,18,20). The molecule has 0 fully saturated rings. The maximum absolute atomic E-state index is 12.1. The third kappa shape index (κ3) is 4.64. The van der Waals surface area contributed by atoms with E-state index in [1.54, 1.807) is 0 Å². The summed E-state index contributed by atoms with van der Waals surface area (Å²) in [6, 6.07) is 13.4. The number of rotatable bonds is 6. The van der Waals surface area contributed by atoms with Gasteiger partial charge in [0.25, 0.3) is 10.0 Å². The Kier molecular flexibility index (Phi) is 6.11. The number of sulfonamides is 1. The molecule has 0 aromatic heterocycles. The molecular formula is C16H17BrN2O4S. The molecule has 0 aliphatic heterocycles. The van der Waals surface area contributed by atoms with E-state index in [1.807, 2.05) is 24.3 Å². The first-order chi connectivity index (χ1) is 11.3. The summed E-state index contributed by atoms with van der Waals surface area (Å²) >= 11 is 3.34. The molecule has 2 aromatic carbocycles.